The third-order valence-corrected chi connectivity index (χ3v) is 6.15. The highest BCUT2D eigenvalue weighted by atomic mass is 19.4. The van der Waals surface area contributed by atoms with Gasteiger partial charge in [0.2, 0.25) is 0 Å². The fraction of sp³-hybridized carbons (Fsp3) is 0.0323. The first kappa shape index (κ1) is 28.6. The van der Waals surface area contributed by atoms with Crippen LogP contribution in [0, 0.1) is 0 Å². The van der Waals surface area contributed by atoms with Crippen LogP contribution in [0.5, 0.6) is 0 Å². The van der Waals surface area contributed by atoms with Crippen LogP contribution in [0.25, 0.3) is 33.2 Å². The number of nitrogens with two attached hydrogens (primary N) is 1. The maximum Gasteiger partial charge on any atom is 0.490 e. The molecule has 216 valence electrons. The number of carboxylic acids is 1. The monoisotopic (exact) mass is 585 g/mol. The van der Waals surface area contributed by atoms with Gasteiger partial charge in [-0.2, -0.15) is 13.2 Å². The van der Waals surface area contributed by atoms with E-state index in [-0.39, 0.29) is 5.91 Å². The summed E-state index contributed by atoms with van der Waals surface area (Å²) in [4.78, 5) is 30.2. The van der Waals surface area contributed by atoms with Gasteiger partial charge in [0.1, 0.15) is 23.3 Å². The number of rotatable bonds is 5. The number of anilines is 4. The summed E-state index contributed by atoms with van der Waals surface area (Å²) >= 11 is 0. The van der Waals surface area contributed by atoms with Crippen molar-refractivity contribution in [3.05, 3.63) is 109 Å². The fourth-order valence-corrected chi connectivity index (χ4v) is 4.19. The van der Waals surface area contributed by atoms with Crippen molar-refractivity contribution >= 4 is 56.7 Å². The number of aromatic nitrogens is 2. The zero-order valence-corrected chi connectivity index (χ0v) is 22.1. The van der Waals surface area contributed by atoms with E-state index in [0.717, 1.165) is 38.9 Å². The molecule has 2 aromatic heterocycles. The molecule has 0 spiro atoms. The molecule has 4 aromatic carbocycles. The van der Waals surface area contributed by atoms with Crippen LogP contribution in [0.3, 0.4) is 0 Å². The van der Waals surface area contributed by atoms with Crippen molar-refractivity contribution < 1.29 is 32.3 Å². The van der Waals surface area contributed by atoms with Crippen LogP contribution in [0.1, 0.15) is 10.4 Å². The van der Waals surface area contributed by atoms with E-state index in [1.165, 1.54) is 6.33 Å². The lowest BCUT2D eigenvalue weighted by atomic mass is 10.1. The molecule has 1 amide bonds. The van der Waals surface area contributed by atoms with E-state index in [0.29, 0.717) is 22.8 Å². The molecule has 0 radical (unpaired) electrons. The van der Waals surface area contributed by atoms with Crippen LogP contribution >= 0.6 is 0 Å². The zero-order valence-electron chi connectivity index (χ0n) is 22.1. The molecule has 12 heteroatoms. The minimum Gasteiger partial charge on any atom is -0.475 e. The van der Waals surface area contributed by atoms with E-state index in [1.54, 1.807) is 24.3 Å². The van der Waals surface area contributed by atoms with Crippen molar-refractivity contribution in [2.75, 3.05) is 16.4 Å². The molecule has 0 unspecified atom stereocenters. The standard InChI is InChI=1S/C29H21N5O2.C2HF3O2/c30-19-6-3-5-18(15-19)29(35)34-21-13-11-20(12-14-21)33-27-16-25(31-17-32-27)24-9-4-8-23-22-7-1-2-10-26(22)36-28(23)24;3-2(4,5)1(6)7/h1-17H,30H2,(H,34,35)(H,31,32,33);(H,6,7). The second-order valence-corrected chi connectivity index (χ2v) is 9.15. The Labute approximate surface area is 241 Å². The summed E-state index contributed by atoms with van der Waals surface area (Å²) in [6, 6.07) is 30.2. The number of para-hydroxylation sites is 2. The van der Waals surface area contributed by atoms with Gasteiger partial charge in [0.15, 0.2) is 0 Å². The number of halogens is 3. The molecular weight excluding hydrogens is 563 g/mol. The lowest BCUT2D eigenvalue weighted by Crippen LogP contribution is -2.21. The third-order valence-electron chi connectivity index (χ3n) is 6.15. The van der Waals surface area contributed by atoms with Crippen molar-refractivity contribution in [1.82, 2.24) is 9.97 Å². The number of hydrogen-bond acceptors (Lipinski definition) is 7. The molecule has 0 aliphatic heterocycles. The van der Waals surface area contributed by atoms with E-state index in [1.807, 2.05) is 60.7 Å². The summed E-state index contributed by atoms with van der Waals surface area (Å²) in [6.45, 7) is 0. The second kappa shape index (κ2) is 11.9. The Bertz CT molecular complexity index is 1940. The number of nitrogens with one attached hydrogen (secondary N) is 2. The molecule has 6 rings (SSSR count). The Hall–Kier alpha value is -5.91. The molecule has 0 bridgehead atoms. The Morgan fingerprint density at radius 1 is 0.814 bits per heavy atom. The molecule has 0 aliphatic rings. The Balaban J connectivity index is 0.000000472. The summed E-state index contributed by atoms with van der Waals surface area (Å²) in [7, 11) is 0. The minimum atomic E-state index is -5.08. The largest absolute Gasteiger partial charge is 0.490 e. The number of nitrogens with zero attached hydrogens (tertiary/aromatic N) is 2. The van der Waals surface area contributed by atoms with Gasteiger partial charge >= 0.3 is 12.1 Å². The normalized spacial score (nSPS) is 11.0. The molecule has 0 aliphatic carbocycles. The number of carboxylic acid groups (broad SMARTS) is 1. The van der Waals surface area contributed by atoms with E-state index in [9.17, 15) is 18.0 Å². The summed E-state index contributed by atoms with van der Waals surface area (Å²) in [5.74, 6) is -2.33. The number of fused-ring (bicyclic) bond motifs is 3. The predicted molar refractivity (Wildman–Crippen MR) is 157 cm³/mol. The van der Waals surface area contributed by atoms with Crippen LogP contribution in [0.15, 0.2) is 108 Å². The van der Waals surface area contributed by atoms with Gasteiger partial charge < -0.3 is 25.9 Å². The first-order chi connectivity index (χ1) is 20.6. The van der Waals surface area contributed by atoms with E-state index in [4.69, 9.17) is 20.1 Å². The zero-order chi connectivity index (χ0) is 30.6. The van der Waals surface area contributed by atoms with Gasteiger partial charge in [0.25, 0.3) is 5.91 Å². The number of benzene rings is 4. The predicted octanol–water partition coefficient (Wildman–Crippen LogP) is 7.25. The highest BCUT2D eigenvalue weighted by Gasteiger charge is 2.38. The highest BCUT2D eigenvalue weighted by Crippen LogP contribution is 2.35. The summed E-state index contributed by atoms with van der Waals surface area (Å²) in [5, 5.41) is 15.4. The van der Waals surface area contributed by atoms with Gasteiger partial charge in [0, 0.05) is 45.0 Å². The quantitative estimate of drug-likeness (QED) is 0.155. The van der Waals surface area contributed by atoms with Gasteiger partial charge in [-0.3, -0.25) is 4.79 Å². The van der Waals surface area contributed by atoms with E-state index < -0.39 is 12.1 Å². The van der Waals surface area contributed by atoms with Crippen LogP contribution < -0.4 is 16.4 Å². The van der Waals surface area contributed by atoms with E-state index >= 15 is 0 Å². The third kappa shape index (κ3) is 6.70. The number of carbonyl (C=O) groups is 2. The molecule has 6 aromatic rings. The summed E-state index contributed by atoms with van der Waals surface area (Å²) in [6.07, 6.45) is -3.56. The molecule has 43 heavy (non-hydrogen) atoms. The maximum atomic E-state index is 12.5. The maximum absolute atomic E-state index is 12.5. The topological polar surface area (TPSA) is 143 Å². The summed E-state index contributed by atoms with van der Waals surface area (Å²) < 4.78 is 37.9. The lowest BCUT2D eigenvalue weighted by Gasteiger charge is -2.09. The van der Waals surface area contributed by atoms with Crippen LogP contribution in [-0.4, -0.2) is 33.1 Å². The number of hydrogen-bond donors (Lipinski definition) is 4. The van der Waals surface area contributed by atoms with Crippen LogP contribution in [0.2, 0.25) is 0 Å². The van der Waals surface area contributed by atoms with Crippen molar-refractivity contribution in [2.24, 2.45) is 0 Å². The molecule has 0 saturated carbocycles. The number of aliphatic carboxylic acids is 1. The SMILES string of the molecule is Nc1cccc(C(=O)Nc2ccc(Nc3cc(-c4cccc5c4oc4ccccc45)ncn3)cc2)c1.O=C(O)C(F)(F)F. The fourth-order valence-electron chi connectivity index (χ4n) is 4.19. The Kier molecular flexibility index (Phi) is 7.92. The van der Waals surface area contributed by atoms with Gasteiger partial charge in [-0.15, -0.1) is 0 Å². The van der Waals surface area contributed by atoms with Crippen molar-refractivity contribution in [1.29, 1.82) is 0 Å². The molecule has 0 fully saturated rings. The van der Waals surface area contributed by atoms with Crippen LogP contribution in [0.4, 0.5) is 36.1 Å². The first-order valence-electron chi connectivity index (χ1n) is 12.7. The number of furan rings is 1. The van der Waals surface area contributed by atoms with Gasteiger partial charge in [-0.1, -0.05) is 36.4 Å². The number of carbonyl (C=O) groups excluding carboxylic acids is 1. The minimum absolute atomic E-state index is 0.219. The molecule has 5 N–H and O–H groups in total. The van der Waals surface area contributed by atoms with Gasteiger partial charge in [-0.25, -0.2) is 14.8 Å². The first-order valence-corrected chi connectivity index (χ1v) is 12.7. The second-order valence-electron chi connectivity index (χ2n) is 9.15. The van der Waals surface area contributed by atoms with Gasteiger partial charge in [-0.05, 0) is 54.6 Å². The van der Waals surface area contributed by atoms with Crippen molar-refractivity contribution in [3.63, 3.8) is 0 Å². The van der Waals surface area contributed by atoms with Crippen LogP contribution in [-0.2, 0) is 4.79 Å². The number of nitrogen functional groups attached to an aromatic ring is 1. The van der Waals surface area contributed by atoms with Crippen molar-refractivity contribution in [2.45, 2.75) is 6.18 Å². The lowest BCUT2D eigenvalue weighted by molar-refractivity contribution is -0.192. The Morgan fingerprint density at radius 2 is 1.49 bits per heavy atom. The Morgan fingerprint density at radius 3 is 2.21 bits per heavy atom. The molecular formula is C31H22F3N5O4. The number of amides is 1. The molecule has 9 nitrogen and oxygen atoms in total. The van der Waals surface area contributed by atoms with Gasteiger partial charge in [0.05, 0.1) is 5.69 Å². The highest BCUT2D eigenvalue weighted by molar-refractivity contribution is 6.09. The van der Waals surface area contributed by atoms with E-state index in [2.05, 4.69) is 32.7 Å². The average molecular weight is 586 g/mol. The molecule has 2 heterocycles. The van der Waals surface area contributed by atoms with Crippen molar-refractivity contribution in [3.8, 4) is 11.3 Å². The smallest absolute Gasteiger partial charge is 0.475 e. The number of alkyl halides is 3. The molecule has 0 saturated heterocycles. The summed E-state index contributed by atoms with van der Waals surface area (Å²) in [5.41, 5.74) is 11.6. The molecule has 0 atom stereocenters. The average Bonchev–Trinajstić information content (AvgIpc) is 3.37.